The van der Waals surface area contributed by atoms with Crippen molar-refractivity contribution in [2.45, 2.75) is 19.0 Å². The first-order chi connectivity index (χ1) is 13.0. The zero-order valence-corrected chi connectivity index (χ0v) is 16.1. The Balaban J connectivity index is 1.90. The summed E-state index contributed by atoms with van der Waals surface area (Å²) in [6.45, 7) is 4.30. The lowest BCUT2D eigenvalue weighted by molar-refractivity contribution is -0.410. The molecule has 1 aromatic carbocycles. The lowest BCUT2D eigenvalue weighted by atomic mass is 10.2. The van der Waals surface area contributed by atoms with E-state index in [0.717, 1.165) is 11.8 Å². The van der Waals surface area contributed by atoms with Crippen LogP contribution in [0, 0.1) is 10.1 Å². The Labute approximate surface area is 163 Å². The lowest BCUT2D eigenvalue weighted by Crippen LogP contribution is -2.15. The van der Waals surface area contributed by atoms with Gasteiger partial charge >= 0.3 is 11.0 Å². The molecule has 0 unspecified atom stereocenters. The molecule has 0 aliphatic carbocycles. The number of rotatable bonds is 6. The van der Waals surface area contributed by atoms with Crippen LogP contribution in [0.2, 0.25) is 0 Å². The molecule has 1 aliphatic rings. The van der Waals surface area contributed by atoms with Crippen molar-refractivity contribution in [3.63, 3.8) is 0 Å². The molecule has 0 saturated heterocycles. The minimum absolute atomic E-state index is 0.00483. The first-order valence-electron chi connectivity index (χ1n) is 7.90. The average molecular weight is 408 g/mol. The van der Waals surface area contributed by atoms with Gasteiger partial charge in [0.1, 0.15) is 13.2 Å². The number of thioether (sulfide) groups is 2. The Morgan fingerprint density at radius 1 is 1.26 bits per heavy atom. The van der Waals surface area contributed by atoms with Gasteiger partial charge in [0.05, 0.1) is 14.8 Å². The van der Waals surface area contributed by atoms with Gasteiger partial charge in [-0.15, -0.1) is 5.10 Å². The molecule has 0 spiro atoms. The summed E-state index contributed by atoms with van der Waals surface area (Å²) >= 11 is 2.17. The van der Waals surface area contributed by atoms with Crippen molar-refractivity contribution in [2.75, 3.05) is 13.2 Å². The molecule has 1 aliphatic heterocycles. The highest BCUT2D eigenvalue weighted by molar-refractivity contribution is 8.23. The molecule has 27 heavy (non-hydrogen) atoms. The summed E-state index contributed by atoms with van der Waals surface area (Å²) in [5.41, 5.74) is 0.588. The molecule has 0 bridgehead atoms. The predicted octanol–water partition coefficient (Wildman–Crippen LogP) is 3.57. The van der Waals surface area contributed by atoms with Gasteiger partial charge in [0.15, 0.2) is 11.5 Å². The second-order valence-electron chi connectivity index (χ2n) is 5.14. The van der Waals surface area contributed by atoms with Crippen LogP contribution < -0.4 is 9.47 Å². The van der Waals surface area contributed by atoms with Crippen LogP contribution in [-0.2, 0) is 0 Å². The van der Waals surface area contributed by atoms with Crippen molar-refractivity contribution >= 4 is 23.5 Å². The Bertz CT molecular complexity index is 926. The molecule has 2 aromatic rings. The summed E-state index contributed by atoms with van der Waals surface area (Å²) in [6.07, 6.45) is 3.17. The molecule has 2 heterocycles. The van der Waals surface area contributed by atoms with Crippen LogP contribution in [0.5, 0.6) is 17.5 Å². The summed E-state index contributed by atoms with van der Waals surface area (Å²) in [4.78, 5) is 10.6. The van der Waals surface area contributed by atoms with Crippen molar-refractivity contribution in [1.29, 1.82) is 0 Å². The smallest absolute Gasteiger partial charge is 0.319 e. The zero-order valence-electron chi connectivity index (χ0n) is 14.5. The molecule has 9 nitrogen and oxygen atoms in total. The van der Waals surface area contributed by atoms with E-state index < -0.39 is 4.92 Å². The Kier molecular flexibility index (Phi) is 5.91. The van der Waals surface area contributed by atoms with E-state index in [1.807, 2.05) is 0 Å². The number of fused-ring (bicyclic) bond motifs is 1. The van der Waals surface area contributed by atoms with Crippen LogP contribution >= 0.6 is 23.5 Å². The number of aromatic hydroxyl groups is 1. The van der Waals surface area contributed by atoms with Crippen molar-refractivity contribution in [2.24, 2.45) is 0 Å². The fraction of sp³-hybridized carbons (Fsp3) is 0.250. The maximum absolute atomic E-state index is 11.0. The molecule has 0 amide bonds. The molecule has 3 rings (SSSR count). The predicted molar refractivity (Wildman–Crippen MR) is 102 cm³/mol. The molecule has 142 valence electrons. The second-order valence-corrected chi connectivity index (χ2v) is 7.47. The third-order valence-corrected chi connectivity index (χ3v) is 5.87. The highest BCUT2D eigenvalue weighted by atomic mass is 32.2. The van der Waals surface area contributed by atoms with Gasteiger partial charge in [-0.25, -0.2) is 4.57 Å². The maximum Gasteiger partial charge on any atom is 0.319 e. The summed E-state index contributed by atoms with van der Waals surface area (Å²) in [6, 6.07) is 4.92. The summed E-state index contributed by atoms with van der Waals surface area (Å²) < 4.78 is 13.1. The molecule has 0 radical (unpaired) electrons. The van der Waals surface area contributed by atoms with Crippen LogP contribution in [0.3, 0.4) is 0 Å². The van der Waals surface area contributed by atoms with E-state index in [-0.39, 0.29) is 11.0 Å². The van der Waals surface area contributed by atoms with Gasteiger partial charge in [-0.05, 0) is 55.6 Å². The van der Waals surface area contributed by atoms with E-state index in [1.165, 1.54) is 22.4 Å². The number of nitro groups is 1. The van der Waals surface area contributed by atoms with Crippen LogP contribution in [0.15, 0.2) is 44.8 Å². The fourth-order valence-corrected chi connectivity index (χ4v) is 4.08. The lowest BCUT2D eigenvalue weighted by Gasteiger charge is -2.19. The van der Waals surface area contributed by atoms with Gasteiger partial charge in [0.25, 0.3) is 0 Å². The minimum Gasteiger partial charge on any atom is -0.486 e. The number of benzene rings is 1. The van der Waals surface area contributed by atoms with E-state index in [4.69, 9.17) is 9.47 Å². The quantitative estimate of drug-likeness (QED) is 0.435. The van der Waals surface area contributed by atoms with E-state index >= 15 is 0 Å². The molecular formula is C16H16N4O5S2. The number of allylic oxidation sites excluding steroid dienone is 2. The fourth-order valence-electron chi connectivity index (χ4n) is 2.26. The SMILES string of the molecule is C/C=C(/S/C(=C\C)[N+](=O)[O-])Sc1nnc(O)n1-c1ccc2c(c1)OCCO2. The summed E-state index contributed by atoms with van der Waals surface area (Å²) in [5.74, 6) is 1.19. The zero-order chi connectivity index (χ0) is 19.4. The number of ether oxygens (including phenoxy) is 2. The van der Waals surface area contributed by atoms with Crippen molar-refractivity contribution < 1.29 is 19.5 Å². The van der Waals surface area contributed by atoms with E-state index in [1.54, 1.807) is 38.1 Å². The Hall–Kier alpha value is -2.66. The second kappa shape index (κ2) is 8.35. The molecule has 1 N–H and O–H groups in total. The van der Waals surface area contributed by atoms with Gasteiger partial charge in [0.2, 0.25) is 5.16 Å². The number of hydrogen-bond donors (Lipinski definition) is 1. The van der Waals surface area contributed by atoms with Gasteiger partial charge in [-0.1, -0.05) is 11.2 Å². The largest absolute Gasteiger partial charge is 0.486 e. The molecule has 1 aromatic heterocycles. The molecule has 0 fully saturated rings. The maximum atomic E-state index is 11.0. The van der Waals surface area contributed by atoms with Crippen LogP contribution in [0.25, 0.3) is 5.69 Å². The summed E-state index contributed by atoms with van der Waals surface area (Å²) in [7, 11) is 0. The van der Waals surface area contributed by atoms with Gasteiger partial charge in [0, 0.05) is 6.07 Å². The normalized spacial score (nSPS) is 14.3. The Morgan fingerprint density at radius 3 is 2.67 bits per heavy atom. The number of hydrogen-bond acceptors (Lipinski definition) is 9. The van der Waals surface area contributed by atoms with E-state index in [9.17, 15) is 15.2 Å². The van der Waals surface area contributed by atoms with E-state index in [2.05, 4.69) is 10.2 Å². The highest BCUT2D eigenvalue weighted by Crippen LogP contribution is 2.40. The van der Waals surface area contributed by atoms with Crippen molar-refractivity contribution in [1.82, 2.24) is 14.8 Å². The number of aromatic nitrogens is 3. The molecule has 0 atom stereocenters. The van der Waals surface area contributed by atoms with Gasteiger partial charge in [-0.2, -0.15) is 0 Å². The van der Waals surface area contributed by atoms with E-state index in [0.29, 0.717) is 39.8 Å². The van der Waals surface area contributed by atoms with Crippen LogP contribution in [0.1, 0.15) is 13.8 Å². The number of nitrogens with zero attached hydrogens (tertiary/aromatic N) is 4. The third kappa shape index (κ3) is 4.19. The van der Waals surface area contributed by atoms with Gasteiger partial charge < -0.3 is 14.6 Å². The average Bonchev–Trinajstić information content (AvgIpc) is 3.04. The van der Waals surface area contributed by atoms with Crippen LogP contribution in [0.4, 0.5) is 0 Å². The van der Waals surface area contributed by atoms with Crippen molar-refractivity contribution in [3.05, 3.63) is 49.7 Å². The molecular weight excluding hydrogens is 392 g/mol. The summed E-state index contributed by atoms with van der Waals surface area (Å²) in [5, 5.41) is 29.3. The third-order valence-electron chi connectivity index (χ3n) is 3.46. The first-order valence-corrected chi connectivity index (χ1v) is 9.54. The topological polar surface area (TPSA) is 113 Å². The van der Waals surface area contributed by atoms with Gasteiger partial charge in [-0.3, -0.25) is 10.1 Å². The van der Waals surface area contributed by atoms with Crippen LogP contribution in [-0.4, -0.2) is 38.0 Å². The molecule has 0 saturated carbocycles. The molecule has 11 heteroatoms. The standard InChI is InChI=1S/C16H16N4O5S2/c1-3-13(20(22)23)26-14(4-2)27-16-18-17-15(21)19(16)10-5-6-11-12(9-10)25-8-7-24-11/h3-6,9H,7-8H2,1-2H3,(H,17,21)/b13-3-,14-4-. The first kappa shape index (κ1) is 19.1. The Morgan fingerprint density at radius 2 is 2.00 bits per heavy atom. The highest BCUT2D eigenvalue weighted by Gasteiger charge is 2.21. The monoisotopic (exact) mass is 408 g/mol. The minimum atomic E-state index is -0.447. The van der Waals surface area contributed by atoms with Crippen molar-refractivity contribution in [3.8, 4) is 23.2 Å².